The number of carbonyl (C=O) groups is 2. The highest BCUT2D eigenvalue weighted by Gasteiger charge is 2.32. The Morgan fingerprint density at radius 2 is 1.62 bits per heavy atom. The first-order valence-electron chi connectivity index (χ1n) is 4.53. The van der Waals surface area contributed by atoms with Crippen LogP contribution in [0.2, 0.25) is 0 Å². The van der Waals surface area contributed by atoms with E-state index in [9.17, 15) is 9.59 Å². The first-order valence-corrected chi connectivity index (χ1v) is 4.53. The van der Waals surface area contributed by atoms with Crippen LogP contribution in [0.25, 0.3) is 0 Å². The summed E-state index contributed by atoms with van der Waals surface area (Å²) in [6, 6.07) is -1.30. The van der Waals surface area contributed by atoms with Gasteiger partial charge in [0.05, 0.1) is 32.3 Å². The van der Waals surface area contributed by atoms with Crippen molar-refractivity contribution in [2.45, 2.75) is 18.0 Å². The van der Waals surface area contributed by atoms with Crippen LogP contribution in [0.4, 0.5) is 0 Å². The summed E-state index contributed by atoms with van der Waals surface area (Å²) in [6.45, 7) is -2.07. The average molecular weight is 236 g/mol. The monoisotopic (exact) mass is 236 g/mol. The Kier molecular flexibility index (Phi) is 5.89. The zero-order chi connectivity index (χ0) is 12.8. The van der Waals surface area contributed by atoms with Gasteiger partial charge in [0, 0.05) is 0 Å². The van der Waals surface area contributed by atoms with Crippen molar-refractivity contribution in [3.63, 3.8) is 0 Å². The lowest BCUT2D eigenvalue weighted by Gasteiger charge is -2.29. The Hall–Kier alpha value is -1.22. The molecule has 1 atom stereocenters. The van der Waals surface area contributed by atoms with Crippen LogP contribution in [0, 0.1) is 0 Å². The zero-order valence-electron chi connectivity index (χ0n) is 8.59. The van der Waals surface area contributed by atoms with E-state index >= 15 is 0 Å². The summed E-state index contributed by atoms with van der Waals surface area (Å²) in [7, 11) is 0. The number of amides is 1. The average Bonchev–Trinajstić information content (AvgIpc) is 2.25. The Labute approximate surface area is 91.7 Å². The van der Waals surface area contributed by atoms with Gasteiger partial charge in [-0.05, 0) is 0 Å². The van der Waals surface area contributed by atoms with Crippen LogP contribution in [0.15, 0.2) is 0 Å². The fourth-order valence-corrected chi connectivity index (χ4v) is 0.903. The summed E-state index contributed by atoms with van der Waals surface area (Å²) < 4.78 is 0. The number of hydrogen-bond acceptors (Lipinski definition) is 6. The lowest BCUT2D eigenvalue weighted by molar-refractivity contribution is -0.140. The molecule has 1 amide bonds. The number of aliphatic hydroxyl groups is 3. The van der Waals surface area contributed by atoms with Gasteiger partial charge in [-0.15, -0.1) is 0 Å². The molecule has 0 aromatic heterocycles. The fraction of sp³-hybridized carbons (Fsp3) is 0.750. The minimum atomic E-state index is -1.59. The molecule has 0 fully saturated rings. The topological polar surface area (TPSA) is 153 Å². The molecule has 0 spiro atoms. The highest BCUT2D eigenvalue weighted by molar-refractivity contribution is 5.86. The molecule has 0 saturated heterocycles. The number of aliphatic carboxylic acids is 1. The predicted molar refractivity (Wildman–Crippen MR) is 52.4 cm³/mol. The van der Waals surface area contributed by atoms with Gasteiger partial charge >= 0.3 is 5.97 Å². The Morgan fingerprint density at radius 1 is 1.19 bits per heavy atom. The van der Waals surface area contributed by atoms with Gasteiger partial charge in [0.15, 0.2) is 0 Å². The van der Waals surface area contributed by atoms with Gasteiger partial charge in [0.25, 0.3) is 0 Å². The third kappa shape index (κ3) is 4.11. The molecular weight excluding hydrogens is 220 g/mol. The third-order valence-corrected chi connectivity index (χ3v) is 2.03. The molecule has 0 bridgehead atoms. The Balaban J connectivity index is 4.45. The van der Waals surface area contributed by atoms with Crippen LogP contribution in [-0.2, 0) is 9.59 Å². The van der Waals surface area contributed by atoms with Gasteiger partial charge < -0.3 is 31.5 Å². The molecule has 8 nitrogen and oxygen atoms in total. The molecule has 0 aromatic carbocycles. The van der Waals surface area contributed by atoms with E-state index in [4.69, 9.17) is 26.2 Å². The van der Waals surface area contributed by atoms with Gasteiger partial charge in [-0.3, -0.25) is 9.59 Å². The Morgan fingerprint density at radius 3 is 1.94 bits per heavy atom. The van der Waals surface area contributed by atoms with Crippen LogP contribution >= 0.6 is 0 Å². The van der Waals surface area contributed by atoms with Gasteiger partial charge in [-0.1, -0.05) is 0 Å². The highest BCUT2D eigenvalue weighted by atomic mass is 16.4. The van der Waals surface area contributed by atoms with E-state index in [-0.39, 0.29) is 0 Å². The Bertz CT molecular complexity index is 245. The summed E-state index contributed by atoms with van der Waals surface area (Å²) in [5.41, 5.74) is 3.66. The molecule has 8 heteroatoms. The van der Waals surface area contributed by atoms with Crippen LogP contribution in [-0.4, -0.2) is 63.7 Å². The molecule has 0 saturated carbocycles. The fourth-order valence-electron chi connectivity index (χ4n) is 0.903. The molecule has 94 valence electrons. The minimum Gasteiger partial charge on any atom is -0.481 e. The smallest absolute Gasteiger partial charge is 0.305 e. The van der Waals surface area contributed by atoms with E-state index in [1.807, 2.05) is 0 Å². The molecule has 0 aliphatic carbocycles. The molecule has 0 aliphatic heterocycles. The zero-order valence-corrected chi connectivity index (χ0v) is 8.59. The maximum atomic E-state index is 11.3. The predicted octanol–water partition coefficient (Wildman–Crippen LogP) is -3.38. The van der Waals surface area contributed by atoms with Crippen LogP contribution in [0.3, 0.4) is 0 Å². The minimum absolute atomic E-state index is 0.579. The van der Waals surface area contributed by atoms with Crippen molar-refractivity contribution in [1.29, 1.82) is 0 Å². The second-order valence-corrected chi connectivity index (χ2v) is 3.45. The number of hydrogen-bond donors (Lipinski definition) is 6. The number of carboxylic acids is 1. The first kappa shape index (κ1) is 14.8. The molecule has 16 heavy (non-hydrogen) atoms. The molecule has 0 heterocycles. The summed E-state index contributed by atoms with van der Waals surface area (Å²) in [5, 5.41) is 37.2. The number of nitrogens with one attached hydrogen (secondary N) is 1. The van der Waals surface area contributed by atoms with Crippen molar-refractivity contribution < 1.29 is 30.0 Å². The van der Waals surface area contributed by atoms with Crippen LogP contribution in [0.5, 0.6) is 0 Å². The number of aliphatic hydroxyl groups excluding tert-OH is 3. The van der Waals surface area contributed by atoms with Crippen molar-refractivity contribution in [1.82, 2.24) is 5.32 Å². The van der Waals surface area contributed by atoms with Crippen molar-refractivity contribution >= 4 is 11.9 Å². The van der Waals surface area contributed by atoms with Crippen molar-refractivity contribution in [2.24, 2.45) is 5.73 Å². The van der Waals surface area contributed by atoms with Crippen LogP contribution in [0.1, 0.15) is 6.42 Å². The van der Waals surface area contributed by atoms with Crippen molar-refractivity contribution in [3.05, 3.63) is 0 Å². The van der Waals surface area contributed by atoms with Gasteiger partial charge in [0.2, 0.25) is 5.91 Å². The maximum Gasteiger partial charge on any atom is 0.305 e. The van der Waals surface area contributed by atoms with E-state index in [0.29, 0.717) is 0 Å². The van der Waals surface area contributed by atoms with E-state index in [1.165, 1.54) is 0 Å². The molecule has 0 radical (unpaired) electrons. The summed E-state index contributed by atoms with van der Waals surface area (Å²) >= 11 is 0. The second-order valence-electron chi connectivity index (χ2n) is 3.45. The van der Waals surface area contributed by atoms with E-state index in [2.05, 4.69) is 5.32 Å². The number of nitrogens with two attached hydrogens (primary N) is 1. The lowest BCUT2D eigenvalue weighted by Crippen LogP contribution is -2.60. The van der Waals surface area contributed by atoms with Crippen LogP contribution < -0.4 is 11.1 Å². The standard InChI is InChI=1S/C8H16N2O6/c9-5(1-6(14)15)7(16)10-8(2-11,3-12)4-13/h5,11-13H,1-4,9H2,(H,10,16)(H,14,15). The largest absolute Gasteiger partial charge is 0.481 e. The number of carbonyl (C=O) groups excluding carboxylic acids is 1. The van der Waals surface area contributed by atoms with Crippen molar-refractivity contribution in [3.8, 4) is 0 Å². The van der Waals surface area contributed by atoms with Crippen molar-refractivity contribution in [2.75, 3.05) is 19.8 Å². The molecule has 1 unspecified atom stereocenters. The van der Waals surface area contributed by atoms with E-state index in [0.717, 1.165) is 0 Å². The van der Waals surface area contributed by atoms with Gasteiger partial charge in [-0.25, -0.2) is 0 Å². The normalized spacial score (nSPS) is 13.2. The van der Waals surface area contributed by atoms with E-state index < -0.39 is 49.7 Å². The van der Waals surface area contributed by atoms with Gasteiger partial charge in [0.1, 0.15) is 5.54 Å². The molecule has 0 rings (SSSR count). The quantitative estimate of drug-likeness (QED) is 0.269. The number of carboxylic acid groups (broad SMARTS) is 1. The first-order chi connectivity index (χ1) is 7.40. The molecule has 0 aromatic rings. The summed E-state index contributed by atoms with van der Waals surface area (Å²) in [6.07, 6.45) is -0.579. The molecule has 7 N–H and O–H groups in total. The lowest BCUT2D eigenvalue weighted by atomic mass is 10.0. The molecule has 0 aliphatic rings. The van der Waals surface area contributed by atoms with Gasteiger partial charge in [-0.2, -0.15) is 0 Å². The second kappa shape index (κ2) is 6.38. The number of rotatable bonds is 7. The van der Waals surface area contributed by atoms with E-state index in [1.54, 1.807) is 0 Å². The summed E-state index contributed by atoms with van der Waals surface area (Å²) in [5.74, 6) is -2.11. The summed E-state index contributed by atoms with van der Waals surface area (Å²) in [4.78, 5) is 21.6. The third-order valence-electron chi connectivity index (χ3n) is 2.03. The SMILES string of the molecule is NC(CC(=O)O)C(=O)NC(CO)(CO)CO. The maximum absolute atomic E-state index is 11.3. The highest BCUT2D eigenvalue weighted by Crippen LogP contribution is 2.02. The molecular formula is C8H16N2O6.